The third-order valence-corrected chi connectivity index (χ3v) is 4.38. The summed E-state index contributed by atoms with van der Waals surface area (Å²) in [5.41, 5.74) is 3.57. The summed E-state index contributed by atoms with van der Waals surface area (Å²) in [5, 5.41) is 3.31. The van der Waals surface area contributed by atoms with Crippen LogP contribution in [0.5, 0.6) is 0 Å². The first-order valence-corrected chi connectivity index (χ1v) is 8.38. The molecule has 0 amide bonds. The molecule has 0 unspecified atom stereocenters. The van der Waals surface area contributed by atoms with Gasteiger partial charge in [0.05, 0.1) is 0 Å². The molecule has 0 bridgehead atoms. The average Bonchev–Trinajstić information content (AvgIpc) is 3.05. The highest BCUT2D eigenvalue weighted by Crippen LogP contribution is 2.33. The molecule has 4 nitrogen and oxygen atoms in total. The van der Waals surface area contributed by atoms with E-state index in [0.29, 0.717) is 6.54 Å². The number of para-hydroxylation sites is 1. The van der Waals surface area contributed by atoms with Gasteiger partial charge in [-0.3, -0.25) is 0 Å². The molecule has 0 saturated carbocycles. The molecule has 25 heavy (non-hydrogen) atoms. The van der Waals surface area contributed by atoms with Gasteiger partial charge in [-0.2, -0.15) is 0 Å². The van der Waals surface area contributed by atoms with Gasteiger partial charge in [0.25, 0.3) is 0 Å². The predicted octanol–water partition coefficient (Wildman–Crippen LogP) is 4.23. The van der Waals surface area contributed by atoms with Crippen molar-refractivity contribution in [1.82, 2.24) is 9.97 Å². The van der Waals surface area contributed by atoms with Gasteiger partial charge in [-0.25, -0.2) is 14.4 Å². The highest BCUT2D eigenvalue weighted by molar-refractivity contribution is 5.68. The quantitative estimate of drug-likeness (QED) is 0.775. The lowest BCUT2D eigenvalue weighted by Gasteiger charge is -2.19. The summed E-state index contributed by atoms with van der Waals surface area (Å²) in [6.07, 6.45) is 1.03. The number of nitrogens with one attached hydrogen (secondary N) is 1. The summed E-state index contributed by atoms with van der Waals surface area (Å²) < 4.78 is 13.0. The third-order valence-electron chi connectivity index (χ3n) is 4.38. The lowest BCUT2D eigenvalue weighted by atomic mass is 10.2. The highest BCUT2D eigenvalue weighted by atomic mass is 19.1. The third kappa shape index (κ3) is 3.31. The first-order valence-electron chi connectivity index (χ1n) is 8.38. The summed E-state index contributed by atoms with van der Waals surface area (Å²) >= 11 is 0. The van der Waals surface area contributed by atoms with Gasteiger partial charge < -0.3 is 10.2 Å². The van der Waals surface area contributed by atoms with Crippen molar-refractivity contribution >= 4 is 17.3 Å². The van der Waals surface area contributed by atoms with E-state index in [1.807, 2.05) is 13.0 Å². The second kappa shape index (κ2) is 6.51. The minimum Gasteiger partial charge on any atom is -0.366 e. The zero-order valence-corrected chi connectivity index (χ0v) is 14.0. The molecule has 126 valence electrons. The fourth-order valence-electron chi connectivity index (χ4n) is 3.15. The van der Waals surface area contributed by atoms with E-state index in [1.54, 1.807) is 12.1 Å². The number of nitrogens with zero attached hydrogens (tertiary/aromatic N) is 3. The molecule has 0 aliphatic carbocycles. The van der Waals surface area contributed by atoms with E-state index in [0.717, 1.165) is 36.0 Å². The van der Waals surface area contributed by atoms with Gasteiger partial charge in [-0.1, -0.05) is 30.3 Å². The van der Waals surface area contributed by atoms with Crippen LogP contribution in [0, 0.1) is 12.7 Å². The number of benzene rings is 2. The van der Waals surface area contributed by atoms with Crippen molar-refractivity contribution in [2.45, 2.75) is 19.9 Å². The molecule has 0 spiro atoms. The van der Waals surface area contributed by atoms with Crippen molar-refractivity contribution in [3.63, 3.8) is 0 Å². The molecular formula is C20H19FN4. The van der Waals surface area contributed by atoms with E-state index < -0.39 is 0 Å². The number of hydrogen-bond acceptors (Lipinski definition) is 4. The molecule has 0 radical (unpaired) electrons. The standard InChI is InChI=1S/C20H19FN4/c1-14-23-19(22-13-15-6-8-17(21)9-7-15)12-20(24-14)25-11-10-16-4-2-3-5-18(16)25/h2-9,12H,10-11,13H2,1H3,(H,22,23,24). The average molecular weight is 334 g/mol. The van der Waals surface area contributed by atoms with Crippen LogP contribution in [0.15, 0.2) is 54.6 Å². The monoisotopic (exact) mass is 334 g/mol. The minimum absolute atomic E-state index is 0.225. The number of rotatable bonds is 4. The molecule has 4 rings (SSSR count). The molecule has 2 aromatic carbocycles. The Morgan fingerprint density at radius 1 is 1.08 bits per heavy atom. The van der Waals surface area contributed by atoms with Crippen molar-refractivity contribution in [3.8, 4) is 0 Å². The van der Waals surface area contributed by atoms with Crippen LogP contribution in [0.4, 0.5) is 21.7 Å². The van der Waals surface area contributed by atoms with Crippen molar-refractivity contribution < 1.29 is 4.39 Å². The Balaban J connectivity index is 1.56. The van der Waals surface area contributed by atoms with Gasteiger partial charge >= 0.3 is 0 Å². The number of anilines is 3. The molecule has 1 aliphatic rings. The fourth-order valence-corrected chi connectivity index (χ4v) is 3.15. The lowest BCUT2D eigenvalue weighted by molar-refractivity contribution is 0.627. The Morgan fingerprint density at radius 3 is 2.72 bits per heavy atom. The van der Waals surface area contributed by atoms with E-state index in [4.69, 9.17) is 0 Å². The summed E-state index contributed by atoms with van der Waals surface area (Å²) in [4.78, 5) is 11.3. The summed E-state index contributed by atoms with van der Waals surface area (Å²) in [6, 6.07) is 16.9. The molecule has 5 heteroatoms. The zero-order chi connectivity index (χ0) is 17.2. The Morgan fingerprint density at radius 2 is 1.88 bits per heavy atom. The maximum Gasteiger partial charge on any atom is 0.138 e. The topological polar surface area (TPSA) is 41.1 Å². The Labute approximate surface area is 146 Å². The van der Waals surface area contributed by atoms with Crippen LogP contribution in [-0.4, -0.2) is 16.5 Å². The second-order valence-electron chi connectivity index (χ2n) is 6.17. The predicted molar refractivity (Wildman–Crippen MR) is 97.6 cm³/mol. The fraction of sp³-hybridized carbons (Fsp3) is 0.200. The van der Waals surface area contributed by atoms with Crippen molar-refractivity contribution in [1.29, 1.82) is 0 Å². The van der Waals surface area contributed by atoms with Crippen LogP contribution in [0.25, 0.3) is 0 Å². The first-order chi connectivity index (χ1) is 12.2. The van der Waals surface area contributed by atoms with Crippen LogP contribution in [0.1, 0.15) is 17.0 Å². The minimum atomic E-state index is -0.225. The molecular weight excluding hydrogens is 315 g/mol. The first kappa shape index (κ1) is 15.6. The second-order valence-corrected chi connectivity index (χ2v) is 6.17. The van der Waals surface area contributed by atoms with Crippen LogP contribution < -0.4 is 10.2 Å². The van der Waals surface area contributed by atoms with E-state index in [1.165, 1.54) is 23.4 Å². The molecule has 1 N–H and O–H groups in total. The van der Waals surface area contributed by atoms with Gasteiger partial charge in [0, 0.05) is 24.8 Å². The van der Waals surface area contributed by atoms with Gasteiger partial charge in [-0.15, -0.1) is 0 Å². The van der Waals surface area contributed by atoms with Crippen molar-refractivity contribution in [2.75, 3.05) is 16.8 Å². The largest absolute Gasteiger partial charge is 0.366 e. The van der Waals surface area contributed by atoms with Crippen LogP contribution in [0.2, 0.25) is 0 Å². The SMILES string of the molecule is Cc1nc(NCc2ccc(F)cc2)cc(N2CCc3ccccc32)n1. The molecule has 1 aliphatic heterocycles. The van der Waals surface area contributed by atoms with E-state index in [9.17, 15) is 4.39 Å². The molecule has 2 heterocycles. The number of aryl methyl sites for hydroxylation is 1. The molecule has 0 saturated heterocycles. The molecule has 1 aromatic heterocycles. The number of halogens is 1. The maximum absolute atomic E-state index is 13.0. The van der Waals surface area contributed by atoms with Crippen LogP contribution in [0.3, 0.4) is 0 Å². The Hall–Kier alpha value is -2.95. The number of fused-ring (bicyclic) bond motifs is 1. The molecule has 0 fully saturated rings. The summed E-state index contributed by atoms with van der Waals surface area (Å²) in [5.74, 6) is 2.18. The number of hydrogen-bond donors (Lipinski definition) is 1. The van der Waals surface area contributed by atoms with E-state index >= 15 is 0 Å². The smallest absolute Gasteiger partial charge is 0.138 e. The van der Waals surface area contributed by atoms with Crippen LogP contribution in [-0.2, 0) is 13.0 Å². The van der Waals surface area contributed by atoms with Crippen LogP contribution >= 0.6 is 0 Å². The van der Waals surface area contributed by atoms with Crippen molar-refractivity contribution in [3.05, 3.63) is 77.4 Å². The summed E-state index contributed by atoms with van der Waals surface area (Å²) in [7, 11) is 0. The summed E-state index contributed by atoms with van der Waals surface area (Å²) in [6.45, 7) is 3.41. The highest BCUT2D eigenvalue weighted by Gasteiger charge is 2.21. The van der Waals surface area contributed by atoms with Gasteiger partial charge in [0.15, 0.2) is 0 Å². The Bertz CT molecular complexity index is 892. The zero-order valence-electron chi connectivity index (χ0n) is 14.0. The van der Waals surface area contributed by atoms with E-state index in [-0.39, 0.29) is 5.82 Å². The molecule has 3 aromatic rings. The number of aromatic nitrogens is 2. The van der Waals surface area contributed by atoms with Gasteiger partial charge in [-0.05, 0) is 42.7 Å². The molecule has 0 atom stereocenters. The van der Waals surface area contributed by atoms with E-state index in [2.05, 4.69) is 44.5 Å². The maximum atomic E-state index is 13.0. The lowest BCUT2D eigenvalue weighted by Crippen LogP contribution is -2.16. The van der Waals surface area contributed by atoms with Gasteiger partial charge in [0.2, 0.25) is 0 Å². The van der Waals surface area contributed by atoms with Crippen molar-refractivity contribution in [2.24, 2.45) is 0 Å². The van der Waals surface area contributed by atoms with Gasteiger partial charge in [0.1, 0.15) is 23.3 Å². The normalized spacial score (nSPS) is 13.0. The Kier molecular flexibility index (Phi) is 4.06.